The second-order valence-corrected chi connectivity index (χ2v) is 4.17. The first-order chi connectivity index (χ1) is 7.57. The molecule has 6 nitrogen and oxygen atoms in total. The predicted molar refractivity (Wildman–Crippen MR) is 71.4 cm³/mol. The number of aliphatic carboxylic acids is 2. The molecule has 0 aromatic rings. The van der Waals surface area contributed by atoms with Gasteiger partial charge in [0.2, 0.25) is 0 Å². The molecule has 6 heteroatoms. The van der Waals surface area contributed by atoms with Crippen molar-refractivity contribution < 1.29 is 19.8 Å². The second kappa shape index (κ2) is 13.9. The van der Waals surface area contributed by atoms with Crippen molar-refractivity contribution in [3.8, 4) is 0 Å². The summed E-state index contributed by atoms with van der Waals surface area (Å²) in [6.45, 7) is 2.11. The van der Waals surface area contributed by atoms with Crippen LogP contribution in [0, 0.1) is 5.92 Å². The van der Waals surface area contributed by atoms with Crippen LogP contribution in [0.3, 0.4) is 0 Å². The molecule has 0 amide bonds. The smallest absolute Gasteiger partial charge is 0.306 e. The van der Waals surface area contributed by atoms with Crippen LogP contribution in [0.5, 0.6) is 0 Å². The van der Waals surface area contributed by atoms with Gasteiger partial charge in [0.15, 0.2) is 0 Å². The van der Waals surface area contributed by atoms with Crippen LogP contribution in [0.1, 0.15) is 58.3 Å². The molecular formula is C12H28N2O4. The molecule has 18 heavy (non-hydrogen) atoms. The maximum Gasteiger partial charge on any atom is 0.306 e. The highest BCUT2D eigenvalue weighted by atomic mass is 16.4. The average molecular weight is 264 g/mol. The minimum atomic E-state index is -0.852. The minimum absolute atomic E-state index is 0. The Kier molecular flexibility index (Phi) is 17.1. The summed E-state index contributed by atoms with van der Waals surface area (Å²) in [6.07, 6.45) is 5.96. The fourth-order valence-corrected chi connectivity index (χ4v) is 1.71. The predicted octanol–water partition coefficient (Wildman–Crippen LogP) is 3.24. The van der Waals surface area contributed by atoms with Gasteiger partial charge in [0, 0.05) is 6.42 Å². The summed E-state index contributed by atoms with van der Waals surface area (Å²) in [5.41, 5.74) is 0. The standard InChI is InChI=1S/C12H22O4.2H3N/c1-2-3-4-5-7-10(12(15)16)8-6-9-11(13)14;;/h10H,2-9H2,1H3,(H,13,14)(H,15,16);2*1H3. The number of unbranched alkanes of at least 4 members (excludes halogenated alkanes) is 3. The molecule has 0 saturated carbocycles. The molecule has 0 heterocycles. The lowest BCUT2D eigenvalue weighted by atomic mass is 9.95. The van der Waals surface area contributed by atoms with Crippen LogP contribution < -0.4 is 12.3 Å². The van der Waals surface area contributed by atoms with E-state index in [1.807, 2.05) is 0 Å². The van der Waals surface area contributed by atoms with E-state index < -0.39 is 11.9 Å². The summed E-state index contributed by atoms with van der Waals surface area (Å²) in [5.74, 6) is -2.01. The summed E-state index contributed by atoms with van der Waals surface area (Å²) in [6, 6.07) is 0. The highest BCUT2D eigenvalue weighted by molar-refractivity contribution is 5.70. The summed E-state index contributed by atoms with van der Waals surface area (Å²) in [5, 5.41) is 17.4. The van der Waals surface area contributed by atoms with Crippen molar-refractivity contribution in [2.45, 2.75) is 58.3 Å². The molecule has 110 valence electrons. The quantitative estimate of drug-likeness (QED) is 0.446. The fourth-order valence-electron chi connectivity index (χ4n) is 1.71. The Morgan fingerprint density at radius 1 is 0.944 bits per heavy atom. The molecule has 0 radical (unpaired) electrons. The van der Waals surface area contributed by atoms with Gasteiger partial charge < -0.3 is 22.5 Å². The molecule has 1 atom stereocenters. The maximum absolute atomic E-state index is 10.9. The first kappa shape index (κ1) is 22.1. The van der Waals surface area contributed by atoms with E-state index >= 15 is 0 Å². The molecule has 0 bridgehead atoms. The Labute approximate surface area is 109 Å². The Balaban J connectivity index is -0.00000112. The maximum atomic E-state index is 10.9. The second-order valence-electron chi connectivity index (χ2n) is 4.17. The van der Waals surface area contributed by atoms with E-state index in [-0.39, 0.29) is 24.6 Å². The SMILES string of the molecule is CCCCCCC(CCCC(=O)O)C(=O)O.N.N. The molecule has 8 N–H and O–H groups in total. The van der Waals surface area contributed by atoms with Gasteiger partial charge in [0.05, 0.1) is 5.92 Å². The summed E-state index contributed by atoms with van der Waals surface area (Å²) < 4.78 is 0. The van der Waals surface area contributed by atoms with E-state index in [4.69, 9.17) is 10.2 Å². The van der Waals surface area contributed by atoms with Crippen LogP contribution in [0.2, 0.25) is 0 Å². The summed E-state index contributed by atoms with van der Waals surface area (Å²) >= 11 is 0. The normalized spacial score (nSPS) is 10.9. The van der Waals surface area contributed by atoms with Crippen LogP contribution in [0.25, 0.3) is 0 Å². The number of rotatable bonds is 10. The lowest BCUT2D eigenvalue weighted by molar-refractivity contribution is -0.143. The molecule has 0 rings (SSSR count). The van der Waals surface area contributed by atoms with Crippen LogP contribution in [-0.4, -0.2) is 22.2 Å². The summed E-state index contributed by atoms with van der Waals surface area (Å²) in [4.78, 5) is 21.2. The summed E-state index contributed by atoms with van der Waals surface area (Å²) in [7, 11) is 0. The largest absolute Gasteiger partial charge is 0.481 e. The van der Waals surface area contributed by atoms with E-state index in [2.05, 4.69) is 6.92 Å². The highest BCUT2D eigenvalue weighted by Gasteiger charge is 2.16. The van der Waals surface area contributed by atoms with Gasteiger partial charge >= 0.3 is 11.9 Å². The molecule has 0 aliphatic rings. The third-order valence-corrected chi connectivity index (χ3v) is 2.70. The van der Waals surface area contributed by atoms with Crippen LogP contribution in [0.15, 0.2) is 0 Å². The van der Waals surface area contributed by atoms with Crippen LogP contribution in [0.4, 0.5) is 0 Å². The average Bonchev–Trinajstić information content (AvgIpc) is 2.20. The lowest BCUT2D eigenvalue weighted by Gasteiger charge is -2.11. The van der Waals surface area contributed by atoms with Crippen molar-refractivity contribution in [3.05, 3.63) is 0 Å². The van der Waals surface area contributed by atoms with Crippen molar-refractivity contribution in [1.82, 2.24) is 12.3 Å². The van der Waals surface area contributed by atoms with E-state index in [1.165, 1.54) is 0 Å². The molecule has 0 aliphatic heterocycles. The zero-order valence-electron chi connectivity index (χ0n) is 11.4. The number of carboxylic acid groups (broad SMARTS) is 2. The molecule has 0 aliphatic carbocycles. The van der Waals surface area contributed by atoms with E-state index in [9.17, 15) is 9.59 Å². The first-order valence-corrected chi connectivity index (χ1v) is 6.02. The molecule has 1 unspecified atom stereocenters. The first-order valence-electron chi connectivity index (χ1n) is 6.02. The third-order valence-electron chi connectivity index (χ3n) is 2.70. The molecule has 0 aromatic carbocycles. The molecule has 0 fully saturated rings. The third kappa shape index (κ3) is 12.9. The van der Waals surface area contributed by atoms with Gasteiger partial charge in [-0.05, 0) is 19.3 Å². The van der Waals surface area contributed by atoms with Gasteiger partial charge in [0.1, 0.15) is 0 Å². The zero-order valence-corrected chi connectivity index (χ0v) is 11.4. The minimum Gasteiger partial charge on any atom is -0.481 e. The molecule has 0 saturated heterocycles. The Morgan fingerprint density at radius 2 is 1.50 bits per heavy atom. The number of carbonyl (C=O) groups is 2. The van der Waals surface area contributed by atoms with Crippen LogP contribution in [-0.2, 0) is 9.59 Å². The van der Waals surface area contributed by atoms with E-state index in [1.54, 1.807) is 0 Å². The van der Waals surface area contributed by atoms with Crippen molar-refractivity contribution in [2.24, 2.45) is 5.92 Å². The number of carboxylic acids is 2. The van der Waals surface area contributed by atoms with Crippen molar-refractivity contribution in [3.63, 3.8) is 0 Å². The zero-order chi connectivity index (χ0) is 12.4. The van der Waals surface area contributed by atoms with E-state index in [0.29, 0.717) is 19.3 Å². The number of hydrogen-bond acceptors (Lipinski definition) is 4. The van der Waals surface area contributed by atoms with Gasteiger partial charge in [-0.3, -0.25) is 9.59 Å². The van der Waals surface area contributed by atoms with Gasteiger partial charge in [0.25, 0.3) is 0 Å². The number of hydrogen-bond donors (Lipinski definition) is 4. The van der Waals surface area contributed by atoms with Crippen molar-refractivity contribution in [2.75, 3.05) is 0 Å². The monoisotopic (exact) mass is 264 g/mol. The Hall–Kier alpha value is -1.14. The van der Waals surface area contributed by atoms with Crippen molar-refractivity contribution in [1.29, 1.82) is 0 Å². The Morgan fingerprint density at radius 3 is 1.94 bits per heavy atom. The molecule has 0 spiro atoms. The lowest BCUT2D eigenvalue weighted by Crippen LogP contribution is -2.14. The Bertz CT molecular complexity index is 222. The fraction of sp³-hybridized carbons (Fsp3) is 0.833. The highest BCUT2D eigenvalue weighted by Crippen LogP contribution is 2.17. The van der Waals surface area contributed by atoms with Gasteiger partial charge in [-0.2, -0.15) is 0 Å². The van der Waals surface area contributed by atoms with Gasteiger partial charge in [-0.1, -0.05) is 32.6 Å². The topological polar surface area (TPSA) is 145 Å². The van der Waals surface area contributed by atoms with Gasteiger partial charge in [-0.15, -0.1) is 0 Å². The van der Waals surface area contributed by atoms with E-state index in [0.717, 1.165) is 25.7 Å². The van der Waals surface area contributed by atoms with Crippen molar-refractivity contribution >= 4 is 11.9 Å². The molecule has 0 aromatic heterocycles. The van der Waals surface area contributed by atoms with Gasteiger partial charge in [-0.25, -0.2) is 0 Å². The molecular weight excluding hydrogens is 236 g/mol. The van der Waals surface area contributed by atoms with Crippen LogP contribution >= 0.6 is 0 Å².